The van der Waals surface area contributed by atoms with Crippen LogP contribution in [0.4, 0.5) is 0 Å². The standard InChI is InChI=1S/C10H21N2O2/c1-7-9(12(4,5)6)11-14-10(13)8(2)3/h9,11H,2,7H2,1,3-6H3/q+1. The monoisotopic (exact) mass is 201 g/mol. The first-order valence-corrected chi connectivity index (χ1v) is 4.72. The first-order chi connectivity index (χ1) is 6.29. The minimum Gasteiger partial charge on any atom is -0.362 e. The smallest absolute Gasteiger partial charge is 0.351 e. The Kier molecular flexibility index (Phi) is 4.80. The summed E-state index contributed by atoms with van der Waals surface area (Å²) < 4.78 is 0.694. The van der Waals surface area contributed by atoms with Crippen molar-refractivity contribution in [2.75, 3.05) is 21.1 Å². The number of rotatable bonds is 5. The molecule has 0 aliphatic rings. The third kappa shape index (κ3) is 4.39. The van der Waals surface area contributed by atoms with E-state index in [1.807, 2.05) is 28.1 Å². The Hall–Kier alpha value is -0.870. The predicted molar refractivity (Wildman–Crippen MR) is 56.2 cm³/mol. The van der Waals surface area contributed by atoms with Crippen LogP contribution in [0, 0.1) is 0 Å². The molecule has 0 bridgehead atoms. The highest BCUT2D eigenvalue weighted by Gasteiger charge is 2.22. The Morgan fingerprint density at radius 2 is 2.00 bits per heavy atom. The average molecular weight is 201 g/mol. The number of quaternary nitrogens is 1. The second kappa shape index (κ2) is 5.12. The fraction of sp³-hybridized carbons (Fsp3) is 0.700. The van der Waals surface area contributed by atoms with Crippen LogP contribution >= 0.6 is 0 Å². The summed E-state index contributed by atoms with van der Waals surface area (Å²) in [4.78, 5) is 16.0. The molecule has 82 valence electrons. The van der Waals surface area contributed by atoms with Crippen molar-refractivity contribution in [1.82, 2.24) is 5.48 Å². The van der Waals surface area contributed by atoms with Gasteiger partial charge in [0.2, 0.25) is 0 Å². The van der Waals surface area contributed by atoms with E-state index in [9.17, 15) is 4.79 Å². The third-order valence-electron chi connectivity index (χ3n) is 1.96. The summed E-state index contributed by atoms with van der Waals surface area (Å²) in [6.07, 6.45) is 0.978. The first kappa shape index (κ1) is 13.1. The van der Waals surface area contributed by atoms with E-state index in [-0.39, 0.29) is 6.17 Å². The average Bonchev–Trinajstić information content (AvgIpc) is 2.02. The van der Waals surface area contributed by atoms with Crippen LogP contribution in [-0.4, -0.2) is 37.8 Å². The zero-order valence-electron chi connectivity index (χ0n) is 9.76. The molecule has 4 nitrogen and oxygen atoms in total. The van der Waals surface area contributed by atoms with Gasteiger partial charge >= 0.3 is 5.97 Å². The molecule has 0 aliphatic heterocycles. The summed E-state index contributed by atoms with van der Waals surface area (Å²) in [5, 5.41) is 0. The summed E-state index contributed by atoms with van der Waals surface area (Å²) in [5.41, 5.74) is 3.15. The molecule has 0 heterocycles. The highest BCUT2D eigenvalue weighted by Crippen LogP contribution is 2.04. The minimum atomic E-state index is -0.406. The lowest BCUT2D eigenvalue weighted by molar-refractivity contribution is -0.902. The fourth-order valence-electron chi connectivity index (χ4n) is 0.998. The lowest BCUT2D eigenvalue weighted by Gasteiger charge is -2.32. The normalized spacial score (nSPS) is 13.5. The summed E-state index contributed by atoms with van der Waals surface area (Å²) in [6.45, 7) is 7.16. The summed E-state index contributed by atoms with van der Waals surface area (Å²) in [7, 11) is 6.11. The minimum absolute atomic E-state index is 0.0956. The molecule has 1 unspecified atom stereocenters. The van der Waals surface area contributed by atoms with Gasteiger partial charge in [0.15, 0.2) is 6.17 Å². The van der Waals surface area contributed by atoms with E-state index in [4.69, 9.17) is 4.84 Å². The fourth-order valence-corrected chi connectivity index (χ4v) is 0.998. The van der Waals surface area contributed by atoms with Crippen LogP contribution in [0.25, 0.3) is 0 Å². The molecule has 0 rings (SSSR count). The van der Waals surface area contributed by atoms with Gasteiger partial charge in [-0.05, 0) is 6.92 Å². The molecule has 0 fully saturated rings. The molecule has 0 aromatic heterocycles. The molecule has 1 N–H and O–H groups in total. The highest BCUT2D eigenvalue weighted by atomic mass is 16.7. The van der Waals surface area contributed by atoms with E-state index in [0.29, 0.717) is 10.1 Å². The van der Waals surface area contributed by atoms with Crippen LogP contribution in [0.1, 0.15) is 20.3 Å². The Bertz CT molecular complexity index is 219. The Labute approximate surface area is 86.1 Å². The van der Waals surface area contributed by atoms with E-state index >= 15 is 0 Å². The van der Waals surface area contributed by atoms with Crippen LogP contribution in [0.3, 0.4) is 0 Å². The predicted octanol–water partition coefficient (Wildman–Crippen LogP) is 1.05. The first-order valence-electron chi connectivity index (χ1n) is 4.72. The van der Waals surface area contributed by atoms with Gasteiger partial charge in [0.05, 0.1) is 21.1 Å². The van der Waals surface area contributed by atoms with Crippen LogP contribution < -0.4 is 5.48 Å². The molecule has 0 radical (unpaired) electrons. The van der Waals surface area contributed by atoms with Gasteiger partial charge in [0.1, 0.15) is 0 Å². The highest BCUT2D eigenvalue weighted by molar-refractivity contribution is 5.86. The lowest BCUT2D eigenvalue weighted by Crippen LogP contribution is -2.53. The summed E-state index contributed by atoms with van der Waals surface area (Å²) >= 11 is 0. The summed E-state index contributed by atoms with van der Waals surface area (Å²) in [6, 6.07) is 0. The number of hydrogen-bond donors (Lipinski definition) is 1. The molecule has 14 heavy (non-hydrogen) atoms. The van der Waals surface area contributed by atoms with Crippen molar-refractivity contribution >= 4 is 5.97 Å². The van der Waals surface area contributed by atoms with Crippen LogP contribution in [-0.2, 0) is 9.63 Å². The molecule has 4 heteroatoms. The maximum atomic E-state index is 11.1. The van der Waals surface area contributed by atoms with Crippen LogP contribution in [0.5, 0.6) is 0 Å². The third-order valence-corrected chi connectivity index (χ3v) is 1.96. The molecule has 0 spiro atoms. The maximum absolute atomic E-state index is 11.1. The second-order valence-corrected chi connectivity index (χ2v) is 4.33. The van der Waals surface area contributed by atoms with E-state index in [1.54, 1.807) is 6.92 Å². The molecule has 0 aromatic carbocycles. The Balaban J connectivity index is 4.10. The number of hydroxylamine groups is 1. The lowest BCUT2D eigenvalue weighted by atomic mass is 10.3. The summed E-state index contributed by atoms with van der Waals surface area (Å²) in [5.74, 6) is -0.406. The number of hydrogen-bond acceptors (Lipinski definition) is 3. The van der Waals surface area contributed by atoms with Crippen molar-refractivity contribution in [3.05, 3.63) is 12.2 Å². The maximum Gasteiger partial charge on any atom is 0.351 e. The number of nitrogens with one attached hydrogen (secondary N) is 1. The van der Waals surface area contributed by atoms with Crippen molar-refractivity contribution in [2.24, 2.45) is 0 Å². The van der Waals surface area contributed by atoms with E-state index in [2.05, 4.69) is 12.1 Å². The van der Waals surface area contributed by atoms with E-state index < -0.39 is 5.97 Å². The quantitative estimate of drug-likeness (QED) is 0.313. The molecule has 0 aliphatic carbocycles. The van der Waals surface area contributed by atoms with Gasteiger partial charge in [-0.3, -0.25) is 0 Å². The van der Waals surface area contributed by atoms with Crippen molar-refractivity contribution in [3.63, 3.8) is 0 Å². The molecule has 0 aromatic rings. The van der Waals surface area contributed by atoms with Gasteiger partial charge in [-0.2, -0.15) is 0 Å². The topological polar surface area (TPSA) is 38.3 Å². The zero-order valence-corrected chi connectivity index (χ0v) is 9.76. The van der Waals surface area contributed by atoms with Crippen molar-refractivity contribution < 1.29 is 14.1 Å². The number of nitrogens with zero attached hydrogens (tertiary/aromatic N) is 1. The van der Waals surface area contributed by atoms with Crippen molar-refractivity contribution in [2.45, 2.75) is 26.4 Å². The molecule has 0 saturated heterocycles. The molecule has 1 atom stereocenters. The number of carbonyl (C=O) groups is 1. The Morgan fingerprint density at radius 1 is 1.50 bits per heavy atom. The van der Waals surface area contributed by atoms with Crippen molar-refractivity contribution in [3.8, 4) is 0 Å². The zero-order chi connectivity index (χ0) is 11.4. The molecule has 0 saturated carbocycles. The molecule has 0 amide bonds. The largest absolute Gasteiger partial charge is 0.362 e. The van der Waals surface area contributed by atoms with Gasteiger partial charge < -0.3 is 9.32 Å². The van der Waals surface area contributed by atoms with Gasteiger partial charge in [-0.1, -0.05) is 19.0 Å². The number of carbonyl (C=O) groups excluding carboxylic acids is 1. The van der Waals surface area contributed by atoms with Crippen molar-refractivity contribution in [1.29, 1.82) is 0 Å². The van der Waals surface area contributed by atoms with Crippen LogP contribution in [0.2, 0.25) is 0 Å². The van der Waals surface area contributed by atoms with E-state index in [0.717, 1.165) is 6.42 Å². The van der Waals surface area contributed by atoms with Gasteiger partial charge in [-0.25, -0.2) is 4.79 Å². The molecular weight excluding hydrogens is 180 g/mol. The van der Waals surface area contributed by atoms with Gasteiger partial charge in [0.25, 0.3) is 0 Å². The Morgan fingerprint density at radius 3 is 2.29 bits per heavy atom. The van der Waals surface area contributed by atoms with E-state index in [1.165, 1.54) is 0 Å². The van der Waals surface area contributed by atoms with Gasteiger partial charge in [-0.15, -0.1) is 0 Å². The van der Waals surface area contributed by atoms with Crippen LogP contribution in [0.15, 0.2) is 12.2 Å². The second-order valence-electron chi connectivity index (χ2n) is 4.33. The SMILES string of the molecule is C=C(C)C(=O)ONC(CC)[N+](C)(C)C. The van der Waals surface area contributed by atoms with Gasteiger partial charge in [0, 0.05) is 12.0 Å². The molecular formula is C10H21N2O2+.